The Morgan fingerprint density at radius 1 is 1.35 bits per heavy atom. The first-order valence-electron chi connectivity index (χ1n) is 7.37. The van der Waals surface area contributed by atoms with Crippen molar-refractivity contribution in [2.24, 2.45) is 5.92 Å². The number of hydrogen-bond acceptors (Lipinski definition) is 3. The molecule has 1 atom stereocenters. The van der Waals surface area contributed by atoms with Crippen LogP contribution in [-0.2, 0) is 0 Å². The highest BCUT2D eigenvalue weighted by atomic mass is 16.3. The summed E-state index contributed by atoms with van der Waals surface area (Å²) in [4.78, 5) is 2.60. The molecular weight excluding hydrogens is 212 g/mol. The normalized spacial score (nSPS) is 32.1. The zero-order valence-electron chi connectivity index (χ0n) is 11.2. The Bertz CT molecular complexity index is 228. The van der Waals surface area contributed by atoms with Gasteiger partial charge in [0.05, 0.1) is 6.61 Å². The Labute approximate surface area is 106 Å². The fraction of sp³-hybridized carbons (Fsp3) is 1.00. The summed E-state index contributed by atoms with van der Waals surface area (Å²) in [6.45, 7) is 7.35. The average molecular weight is 240 g/mol. The number of likely N-dealkylation sites (tertiary alicyclic amines) is 1. The number of hydrogen-bond donors (Lipinski definition) is 2. The van der Waals surface area contributed by atoms with Gasteiger partial charge in [-0.2, -0.15) is 0 Å². The number of nitrogens with one attached hydrogen (secondary N) is 1. The molecule has 2 aliphatic heterocycles. The molecule has 0 aliphatic carbocycles. The number of aliphatic hydroxyl groups excluding tert-OH is 1. The zero-order chi connectivity index (χ0) is 12.1. The van der Waals surface area contributed by atoms with Crippen LogP contribution in [-0.4, -0.2) is 48.3 Å². The summed E-state index contributed by atoms with van der Waals surface area (Å²) in [7, 11) is 0. The topological polar surface area (TPSA) is 35.5 Å². The first kappa shape index (κ1) is 13.3. The smallest absolute Gasteiger partial charge is 0.0615 e. The van der Waals surface area contributed by atoms with E-state index in [1.165, 1.54) is 58.3 Å². The number of piperidine rings is 1. The van der Waals surface area contributed by atoms with Crippen LogP contribution in [0.15, 0.2) is 0 Å². The van der Waals surface area contributed by atoms with Crippen molar-refractivity contribution in [3.8, 4) is 0 Å². The molecule has 100 valence electrons. The van der Waals surface area contributed by atoms with Crippen LogP contribution in [0, 0.1) is 5.92 Å². The second-order valence-corrected chi connectivity index (χ2v) is 5.88. The lowest BCUT2D eigenvalue weighted by Crippen LogP contribution is -2.49. The Hall–Kier alpha value is -0.120. The van der Waals surface area contributed by atoms with Crippen molar-refractivity contribution in [2.75, 3.05) is 32.8 Å². The van der Waals surface area contributed by atoms with Crippen LogP contribution in [0.4, 0.5) is 0 Å². The second-order valence-electron chi connectivity index (χ2n) is 5.88. The van der Waals surface area contributed by atoms with Crippen LogP contribution in [0.3, 0.4) is 0 Å². The summed E-state index contributed by atoms with van der Waals surface area (Å²) in [6, 6.07) is 0. The summed E-state index contributed by atoms with van der Waals surface area (Å²) < 4.78 is 0. The minimum absolute atomic E-state index is 0.125. The van der Waals surface area contributed by atoms with E-state index in [-0.39, 0.29) is 5.54 Å². The first-order valence-corrected chi connectivity index (χ1v) is 7.37. The standard InChI is InChI=1S/C14H28N2O/c1-2-6-14(12-17)7-3-10-16(14)11-13-4-8-15-9-5-13/h13,15,17H,2-12H2,1H3. The van der Waals surface area contributed by atoms with Gasteiger partial charge in [0.1, 0.15) is 0 Å². The van der Waals surface area contributed by atoms with Crippen molar-refractivity contribution in [1.82, 2.24) is 10.2 Å². The van der Waals surface area contributed by atoms with Gasteiger partial charge in [0.2, 0.25) is 0 Å². The van der Waals surface area contributed by atoms with Crippen molar-refractivity contribution < 1.29 is 5.11 Å². The third kappa shape index (κ3) is 3.01. The Morgan fingerprint density at radius 2 is 2.12 bits per heavy atom. The summed E-state index contributed by atoms with van der Waals surface area (Å²) in [6.07, 6.45) is 7.43. The minimum atomic E-state index is 0.125. The van der Waals surface area contributed by atoms with E-state index >= 15 is 0 Å². The molecule has 0 spiro atoms. The fourth-order valence-corrected chi connectivity index (χ4v) is 3.66. The maximum Gasteiger partial charge on any atom is 0.0615 e. The van der Waals surface area contributed by atoms with Crippen LogP contribution < -0.4 is 5.32 Å². The number of aliphatic hydroxyl groups is 1. The molecule has 3 heteroatoms. The summed E-state index contributed by atoms with van der Waals surface area (Å²) in [5.41, 5.74) is 0.125. The molecule has 1 unspecified atom stereocenters. The molecule has 0 bridgehead atoms. The first-order chi connectivity index (χ1) is 8.30. The highest BCUT2D eigenvalue weighted by molar-refractivity contribution is 4.96. The number of rotatable bonds is 5. The molecule has 3 nitrogen and oxygen atoms in total. The minimum Gasteiger partial charge on any atom is -0.394 e. The highest BCUT2D eigenvalue weighted by Gasteiger charge is 2.40. The van der Waals surface area contributed by atoms with Gasteiger partial charge in [0.15, 0.2) is 0 Å². The van der Waals surface area contributed by atoms with E-state index in [0.717, 1.165) is 12.3 Å². The fourth-order valence-electron chi connectivity index (χ4n) is 3.66. The van der Waals surface area contributed by atoms with Gasteiger partial charge < -0.3 is 10.4 Å². The van der Waals surface area contributed by atoms with Crippen LogP contribution in [0.25, 0.3) is 0 Å². The molecule has 0 aromatic carbocycles. The molecule has 0 saturated carbocycles. The lowest BCUT2D eigenvalue weighted by Gasteiger charge is -2.40. The third-order valence-corrected chi connectivity index (χ3v) is 4.69. The SMILES string of the molecule is CCCC1(CO)CCCN1CC1CCNCC1. The summed E-state index contributed by atoms with van der Waals surface area (Å²) >= 11 is 0. The van der Waals surface area contributed by atoms with Crippen molar-refractivity contribution >= 4 is 0 Å². The predicted octanol–water partition coefficient (Wildman–Crippen LogP) is 1.61. The van der Waals surface area contributed by atoms with Gasteiger partial charge in [-0.3, -0.25) is 4.90 Å². The van der Waals surface area contributed by atoms with Crippen LogP contribution >= 0.6 is 0 Å². The molecule has 0 amide bonds. The third-order valence-electron chi connectivity index (χ3n) is 4.69. The van der Waals surface area contributed by atoms with E-state index < -0.39 is 0 Å². The Balaban J connectivity index is 1.93. The van der Waals surface area contributed by atoms with Crippen molar-refractivity contribution in [2.45, 2.75) is 51.0 Å². The van der Waals surface area contributed by atoms with E-state index in [1.807, 2.05) is 0 Å². The van der Waals surface area contributed by atoms with Crippen LogP contribution in [0.2, 0.25) is 0 Å². The summed E-state index contributed by atoms with van der Waals surface area (Å²) in [5, 5.41) is 13.2. The van der Waals surface area contributed by atoms with Gasteiger partial charge in [-0.25, -0.2) is 0 Å². The zero-order valence-corrected chi connectivity index (χ0v) is 11.2. The average Bonchev–Trinajstić information content (AvgIpc) is 2.75. The highest BCUT2D eigenvalue weighted by Crippen LogP contribution is 2.34. The van der Waals surface area contributed by atoms with E-state index in [9.17, 15) is 5.11 Å². The van der Waals surface area contributed by atoms with E-state index in [0.29, 0.717) is 6.61 Å². The molecule has 2 aliphatic rings. The van der Waals surface area contributed by atoms with Crippen molar-refractivity contribution in [3.05, 3.63) is 0 Å². The molecule has 0 aromatic heterocycles. The van der Waals surface area contributed by atoms with Gasteiger partial charge >= 0.3 is 0 Å². The van der Waals surface area contributed by atoms with E-state index in [1.54, 1.807) is 0 Å². The lowest BCUT2D eigenvalue weighted by atomic mass is 9.89. The van der Waals surface area contributed by atoms with Gasteiger partial charge in [-0.15, -0.1) is 0 Å². The maximum atomic E-state index is 9.79. The van der Waals surface area contributed by atoms with Crippen LogP contribution in [0.1, 0.15) is 45.4 Å². The molecule has 2 saturated heterocycles. The molecular formula is C14H28N2O. The maximum absolute atomic E-state index is 9.79. The van der Waals surface area contributed by atoms with Gasteiger partial charge in [-0.1, -0.05) is 13.3 Å². The second kappa shape index (κ2) is 6.17. The molecule has 0 radical (unpaired) electrons. The quantitative estimate of drug-likeness (QED) is 0.766. The molecule has 2 rings (SSSR count). The van der Waals surface area contributed by atoms with Crippen molar-refractivity contribution in [1.29, 1.82) is 0 Å². The molecule has 2 N–H and O–H groups in total. The van der Waals surface area contributed by atoms with Crippen molar-refractivity contribution in [3.63, 3.8) is 0 Å². The van der Waals surface area contributed by atoms with E-state index in [2.05, 4.69) is 17.1 Å². The molecule has 2 heterocycles. The molecule has 2 fully saturated rings. The predicted molar refractivity (Wildman–Crippen MR) is 71.1 cm³/mol. The Kier molecular flexibility index (Phi) is 4.83. The lowest BCUT2D eigenvalue weighted by molar-refractivity contribution is 0.0408. The molecule has 17 heavy (non-hydrogen) atoms. The van der Waals surface area contributed by atoms with E-state index in [4.69, 9.17) is 0 Å². The summed E-state index contributed by atoms with van der Waals surface area (Å²) in [5.74, 6) is 0.845. The Morgan fingerprint density at radius 3 is 2.76 bits per heavy atom. The van der Waals surface area contributed by atoms with Gasteiger partial charge in [-0.05, 0) is 57.7 Å². The van der Waals surface area contributed by atoms with Gasteiger partial charge in [0.25, 0.3) is 0 Å². The number of nitrogens with zero attached hydrogens (tertiary/aromatic N) is 1. The molecule has 0 aromatic rings. The monoisotopic (exact) mass is 240 g/mol. The van der Waals surface area contributed by atoms with Gasteiger partial charge in [0, 0.05) is 12.1 Å². The van der Waals surface area contributed by atoms with Crippen LogP contribution in [0.5, 0.6) is 0 Å². The largest absolute Gasteiger partial charge is 0.394 e.